The van der Waals surface area contributed by atoms with Crippen molar-refractivity contribution in [3.63, 3.8) is 0 Å². The Bertz CT molecular complexity index is 472. The smallest absolute Gasteiger partial charge is 0.0938 e. The topological polar surface area (TPSA) is 92.5 Å². The van der Waals surface area contributed by atoms with E-state index in [1.807, 2.05) is 60.7 Å². The molecule has 0 aliphatic rings. The SMILES string of the molecule is CC(N)C(O)c1ccccc1.CC(N)C(O)c1ccccc1.Cl. The quantitative estimate of drug-likeness (QED) is 0.689. The van der Waals surface area contributed by atoms with Crippen molar-refractivity contribution in [1.29, 1.82) is 0 Å². The molecular formula is C18H27ClN2O2. The van der Waals surface area contributed by atoms with Gasteiger partial charge in [-0.15, -0.1) is 12.4 Å². The summed E-state index contributed by atoms with van der Waals surface area (Å²) in [5.41, 5.74) is 12.8. The second-order valence-corrected chi connectivity index (χ2v) is 5.43. The minimum absolute atomic E-state index is 0. The molecule has 0 aliphatic carbocycles. The number of benzene rings is 2. The third-order valence-electron chi connectivity index (χ3n) is 3.28. The predicted molar refractivity (Wildman–Crippen MR) is 97.4 cm³/mol. The third kappa shape index (κ3) is 7.59. The average molecular weight is 339 g/mol. The Morgan fingerprint density at radius 3 is 1.13 bits per heavy atom. The van der Waals surface area contributed by atoms with Gasteiger partial charge in [0.2, 0.25) is 0 Å². The van der Waals surface area contributed by atoms with E-state index in [0.29, 0.717) is 0 Å². The molecule has 0 aromatic heterocycles. The summed E-state index contributed by atoms with van der Waals surface area (Å²) in [4.78, 5) is 0. The van der Waals surface area contributed by atoms with Crippen molar-refractivity contribution < 1.29 is 10.2 Å². The van der Waals surface area contributed by atoms with E-state index in [0.717, 1.165) is 11.1 Å². The molecule has 0 radical (unpaired) electrons. The van der Waals surface area contributed by atoms with E-state index in [2.05, 4.69) is 0 Å². The standard InChI is InChI=1S/2C9H13NO.ClH/c2*1-7(10)9(11)8-5-3-2-4-6-8;/h2*2-7,9,11H,10H2,1H3;1H. The van der Waals surface area contributed by atoms with Gasteiger partial charge < -0.3 is 21.7 Å². The molecule has 0 saturated heterocycles. The molecule has 0 fully saturated rings. The van der Waals surface area contributed by atoms with E-state index in [4.69, 9.17) is 11.5 Å². The van der Waals surface area contributed by atoms with Gasteiger partial charge in [-0.3, -0.25) is 0 Å². The first-order valence-electron chi connectivity index (χ1n) is 7.40. The number of halogens is 1. The van der Waals surface area contributed by atoms with Crippen molar-refractivity contribution >= 4 is 12.4 Å². The molecule has 4 atom stereocenters. The number of aliphatic hydroxyl groups is 2. The monoisotopic (exact) mass is 338 g/mol. The molecular weight excluding hydrogens is 312 g/mol. The summed E-state index contributed by atoms with van der Waals surface area (Å²) < 4.78 is 0. The van der Waals surface area contributed by atoms with Crippen LogP contribution in [0.2, 0.25) is 0 Å². The van der Waals surface area contributed by atoms with Gasteiger partial charge >= 0.3 is 0 Å². The zero-order chi connectivity index (χ0) is 16.5. The summed E-state index contributed by atoms with van der Waals surface area (Å²) in [6, 6.07) is 18.4. The molecule has 0 aliphatic heterocycles. The maximum absolute atomic E-state index is 9.47. The van der Waals surface area contributed by atoms with Gasteiger partial charge in [-0.25, -0.2) is 0 Å². The van der Waals surface area contributed by atoms with Crippen LogP contribution in [0.25, 0.3) is 0 Å². The third-order valence-corrected chi connectivity index (χ3v) is 3.28. The highest BCUT2D eigenvalue weighted by atomic mass is 35.5. The number of hydrogen-bond acceptors (Lipinski definition) is 4. The van der Waals surface area contributed by atoms with Crippen molar-refractivity contribution in [2.75, 3.05) is 0 Å². The Morgan fingerprint density at radius 1 is 0.652 bits per heavy atom. The Morgan fingerprint density at radius 2 is 0.913 bits per heavy atom. The zero-order valence-corrected chi connectivity index (χ0v) is 14.4. The molecule has 4 unspecified atom stereocenters. The number of rotatable bonds is 4. The van der Waals surface area contributed by atoms with Crippen LogP contribution >= 0.6 is 12.4 Å². The van der Waals surface area contributed by atoms with Crippen LogP contribution in [0.3, 0.4) is 0 Å². The van der Waals surface area contributed by atoms with E-state index in [1.165, 1.54) is 0 Å². The summed E-state index contributed by atoms with van der Waals surface area (Å²) in [5, 5.41) is 18.9. The molecule has 0 bridgehead atoms. The molecule has 0 spiro atoms. The first-order chi connectivity index (χ1) is 10.4. The molecule has 5 heteroatoms. The predicted octanol–water partition coefficient (Wildman–Crippen LogP) is 2.56. The molecule has 128 valence electrons. The fourth-order valence-electron chi connectivity index (χ4n) is 1.91. The molecule has 6 N–H and O–H groups in total. The number of nitrogens with two attached hydrogens (primary N) is 2. The van der Waals surface area contributed by atoms with Gasteiger partial charge in [0.05, 0.1) is 12.2 Å². The first kappa shape index (κ1) is 21.6. The van der Waals surface area contributed by atoms with Crippen LogP contribution in [0.15, 0.2) is 60.7 Å². The summed E-state index contributed by atoms with van der Waals surface area (Å²) in [5.74, 6) is 0. The molecule has 0 saturated carbocycles. The number of aliphatic hydroxyl groups excluding tert-OH is 2. The van der Waals surface area contributed by atoms with Crippen LogP contribution in [-0.2, 0) is 0 Å². The van der Waals surface area contributed by atoms with Gasteiger partial charge in [0.15, 0.2) is 0 Å². The second-order valence-electron chi connectivity index (χ2n) is 5.43. The van der Waals surface area contributed by atoms with Crippen molar-refractivity contribution in [2.24, 2.45) is 11.5 Å². The van der Waals surface area contributed by atoms with E-state index in [9.17, 15) is 10.2 Å². The van der Waals surface area contributed by atoms with Crippen LogP contribution in [-0.4, -0.2) is 22.3 Å². The van der Waals surface area contributed by atoms with Gasteiger partial charge in [-0.1, -0.05) is 60.7 Å². The van der Waals surface area contributed by atoms with E-state index in [1.54, 1.807) is 13.8 Å². The van der Waals surface area contributed by atoms with E-state index < -0.39 is 12.2 Å². The molecule has 2 rings (SSSR count). The van der Waals surface area contributed by atoms with Crippen LogP contribution in [0, 0.1) is 0 Å². The van der Waals surface area contributed by atoms with Crippen molar-refractivity contribution in [3.8, 4) is 0 Å². The van der Waals surface area contributed by atoms with Gasteiger partial charge in [-0.2, -0.15) is 0 Å². The van der Waals surface area contributed by atoms with Crippen molar-refractivity contribution in [2.45, 2.75) is 38.1 Å². The average Bonchev–Trinajstić information content (AvgIpc) is 2.55. The molecule has 4 nitrogen and oxygen atoms in total. The lowest BCUT2D eigenvalue weighted by molar-refractivity contribution is 0.153. The van der Waals surface area contributed by atoms with Gasteiger partial charge in [0, 0.05) is 12.1 Å². The zero-order valence-electron chi connectivity index (χ0n) is 13.5. The minimum Gasteiger partial charge on any atom is -0.387 e. The highest BCUT2D eigenvalue weighted by molar-refractivity contribution is 5.85. The molecule has 0 heterocycles. The number of hydrogen-bond donors (Lipinski definition) is 4. The maximum Gasteiger partial charge on any atom is 0.0938 e. The summed E-state index contributed by atoms with van der Waals surface area (Å²) in [6.45, 7) is 3.58. The maximum atomic E-state index is 9.47. The molecule has 23 heavy (non-hydrogen) atoms. The lowest BCUT2D eigenvalue weighted by Crippen LogP contribution is -2.24. The molecule has 2 aromatic rings. The Balaban J connectivity index is 0.000000403. The fourth-order valence-corrected chi connectivity index (χ4v) is 1.91. The Labute approximate surface area is 144 Å². The van der Waals surface area contributed by atoms with Crippen LogP contribution in [0.4, 0.5) is 0 Å². The lowest BCUT2D eigenvalue weighted by atomic mass is 10.0. The van der Waals surface area contributed by atoms with Gasteiger partial charge in [-0.05, 0) is 25.0 Å². The summed E-state index contributed by atoms with van der Waals surface area (Å²) in [6.07, 6.45) is -1.09. The van der Waals surface area contributed by atoms with Crippen LogP contribution < -0.4 is 11.5 Å². The Hall–Kier alpha value is -1.43. The first-order valence-corrected chi connectivity index (χ1v) is 7.40. The van der Waals surface area contributed by atoms with Gasteiger partial charge in [0.1, 0.15) is 0 Å². The summed E-state index contributed by atoms with van der Waals surface area (Å²) in [7, 11) is 0. The lowest BCUT2D eigenvalue weighted by Gasteiger charge is -2.13. The highest BCUT2D eigenvalue weighted by Gasteiger charge is 2.11. The van der Waals surface area contributed by atoms with Crippen molar-refractivity contribution in [3.05, 3.63) is 71.8 Å². The highest BCUT2D eigenvalue weighted by Crippen LogP contribution is 2.14. The summed E-state index contributed by atoms with van der Waals surface area (Å²) >= 11 is 0. The van der Waals surface area contributed by atoms with Crippen molar-refractivity contribution in [1.82, 2.24) is 0 Å². The second kappa shape index (κ2) is 11.2. The largest absolute Gasteiger partial charge is 0.387 e. The Kier molecular flexibility index (Phi) is 10.5. The minimum atomic E-state index is -0.545. The van der Waals surface area contributed by atoms with E-state index >= 15 is 0 Å². The normalized spacial score (nSPS) is 15.2. The van der Waals surface area contributed by atoms with Crippen LogP contribution in [0.5, 0.6) is 0 Å². The fraction of sp³-hybridized carbons (Fsp3) is 0.333. The van der Waals surface area contributed by atoms with E-state index in [-0.39, 0.29) is 24.5 Å². The molecule has 2 aromatic carbocycles. The molecule has 0 amide bonds. The van der Waals surface area contributed by atoms with Crippen LogP contribution in [0.1, 0.15) is 37.2 Å². The van der Waals surface area contributed by atoms with Gasteiger partial charge in [0.25, 0.3) is 0 Å².